The van der Waals surface area contributed by atoms with E-state index in [0.717, 1.165) is 5.56 Å². The van der Waals surface area contributed by atoms with E-state index >= 15 is 0 Å². The van der Waals surface area contributed by atoms with E-state index in [1.807, 2.05) is 25.1 Å². The Hall–Kier alpha value is -3.18. The molecule has 130 valence electrons. The number of hydrogen-bond donors (Lipinski definition) is 1. The molecule has 26 heavy (non-hydrogen) atoms. The lowest BCUT2D eigenvalue weighted by molar-refractivity contribution is 0.0893. The first-order chi connectivity index (χ1) is 12.6. The molecule has 1 N–H and O–H groups in total. The molecule has 0 aromatic heterocycles. The molecule has 4 rings (SSSR count). The summed E-state index contributed by atoms with van der Waals surface area (Å²) in [5, 5.41) is 10.3. The molecule has 0 atom stereocenters. The summed E-state index contributed by atoms with van der Waals surface area (Å²) in [4.78, 5) is 27.3. The van der Waals surface area contributed by atoms with Crippen LogP contribution >= 0.6 is 0 Å². The largest absolute Gasteiger partial charge is 0.491 e. The van der Waals surface area contributed by atoms with Gasteiger partial charge in [-0.2, -0.15) is 0 Å². The second-order valence-corrected chi connectivity index (χ2v) is 6.19. The van der Waals surface area contributed by atoms with E-state index in [4.69, 9.17) is 9.84 Å². The van der Waals surface area contributed by atoms with Crippen molar-refractivity contribution in [1.82, 2.24) is 0 Å². The van der Waals surface area contributed by atoms with Gasteiger partial charge in [-0.1, -0.05) is 29.8 Å². The molecular formula is C21H17NO4. The average Bonchev–Trinajstić information content (AvgIpc) is 2.66. The van der Waals surface area contributed by atoms with Crippen molar-refractivity contribution in [2.45, 2.75) is 6.92 Å². The van der Waals surface area contributed by atoms with Crippen LogP contribution in [-0.2, 0) is 0 Å². The molecule has 5 nitrogen and oxygen atoms in total. The number of imide groups is 1. The van der Waals surface area contributed by atoms with Crippen LogP contribution in [0.15, 0.2) is 54.6 Å². The molecule has 0 saturated heterocycles. The van der Waals surface area contributed by atoms with Gasteiger partial charge < -0.3 is 9.84 Å². The van der Waals surface area contributed by atoms with Crippen LogP contribution in [0.2, 0.25) is 0 Å². The fraction of sp³-hybridized carbons (Fsp3) is 0.143. The second kappa shape index (κ2) is 6.28. The first kappa shape index (κ1) is 16.3. The van der Waals surface area contributed by atoms with Crippen molar-refractivity contribution >= 4 is 28.3 Å². The number of aliphatic hydroxyl groups is 1. The summed E-state index contributed by atoms with van der Waals surface area (Å²) in [5.74, 6) is -0.156. The Morgan fingerprint density at radius 1 is 0.923 bits per heavy atom. The predicted molar refractivity (Wildman–Crippen MR) is 98.8 cm³/mol. The van der Waals surface area contributed by atoms with Gasteiger partial charge in [0, 0.05) is 21.9 Å². The summed E-state index contributed by atoms with van der Waals surface area (Å²) in [6.07, 6.45) is 0. The standard InChI is InChI=1S/C21H17NO4/c1-13-5-7-14(8-6-13)22-20(24)16-4-2-3-15-18(26-12-11-23)10-9-17(19(15)16)21(22)25/h2-10,23H,11-12H2,1H3. The van der Waals surface area contributed by atoms with Crippen molar-refractivity contribution in [1.29, 1.82) is 0 Å². The molecule has 5 heteroatoms. The number of aryl methyl sites for hydroxylation is 1. The van der Waals surface area contributed by atoms with Crippen molar-refractivity contribution in [3.8, 4) is 5.75 Å². The topological polar surface area (TPSA) is 66.8 Å². The summed E-state index contributed by atoms with van der Waals surface area (Å²) in [6, 6.07) is 16.0. The number of rotatable bonds is 4. The van der Waals surface area contributed by atoms with Crippen molar-refractivity contribution in [2.75, 3.05) is 18.1 Å². The van der Waals surface area contributed by atoms with Gasteiger partial charge in [-0.05, 0) is 37.3 Å². The van der Waals surface area contributed by atoms with Gasteiger partial charge in [0.1, 0.15) is 12.4 Å². The number of carbonyl (C=O) groups is 2. The van der Waals surface area contributed by atoms with Gasteiger partial charge in [-0.3, -0.25) is 9.59 Å². The van der Waals surface area contributed by atoms with Gasteiger partial charge in [-0.25, -0.2) is 4.90 Å². The highest BCUT2D eigenvalue weighted by Crippen LogP contribution is 2.37. The molecule has 3 aromatic carbocycles. The highest BCUT2D eigenvalue weighted by molar-refractivity contribution is 6.36. The number of benzene rings is 3. The Labute approximate surface area is 150 Å². The molecule has 0 bridgehead atoms. The molecule has 1 aliphatic heterocycles. The third-order valence-corrected chi connectivity index (χ3v) is 4.51. The average molecular weight is 347 g/mol. The number of ether oxygens (including phenoxy) is 1. The minimum absolute atomic E-state index is 0.109. The normalized spacial score (nSPS) is 13.4. The van der Waals surface area contributed by atoms with Crippen molar-refractivity contribution < 1.29 is 19.4 Å². The molecule has 3 aromatic rings. The Bertz CT molecular complexity index is 1000. The zero-order chi connectivity index (χ0) is 18.3. The van der Waals surface area contributed by atoms with Crippen LogP contribution in [0.3, 0.4) is 0 Å². The number of amides is 2. The molecule has 0 saturated carbocycles. The fourth-order valence-corrected chi connectivity index (χ4v) is 3.28. The van der Waals surface area contributed by atoms with Crippen molar-refractivity contribution in [3.05, 3.63) is 71.3 Å². The van der Waals surface area contributed by atoms with Crippen molar-refractivity contribution in [2.24, 2.45) is 0 Å². The maximum Gasteiger partial charge on any atom is 0.265 e. The molecule has 1 heterocycles. The van der Waals surface area contributed by atoms with Crippen LogP contribution < -0.4 is 9.64 Å². The molecule has 0 aliphatic carbocycles. The van der Waals surface area contributed by atoms with Gasteiger partial charge >= 0.3 is 0 Å². The molecule has 0 spiro atoms. The Balaban J connectivity index is 1.89. The van der Waals surface area contributed by atoms with Gasteiger partial charge in [0.25, 0.3) is 11.8 Å². The van der Waals surface area contributed by atoms with Gasteiger partial charge in [0.2, 0.25) is 0 Å². The lowest BCUT2D eigenvalue weighted by atomic mass is 9.93. The first-order valence-corrected chi connectivity index (χ1v) is 8.36. The summed E-state index contributed by atoms with van der Waals surface area (Å²) >= 11 is 0. The van der Waals surface area contributed by atoms with Crippen LogP contribution in [0.4, 0.5) is 5.69 Å². The molecule has 0 unspecified atom stereocenters. The van der Waals surface area contributed by atoms with E-state index in [1.54, 1.807) is 36.4 Å². The Kier molecular flexibility index (Phi) is 3.93. The number of nitrogens with zero attached hydrogens (tertiary/aromatic N) is 1. The smallest absolute Gasteiger partial charge is 0.265 e. The van der Waals surface area contributed by atoms with E-state index in [1.165, 1.54) is 4.90 Å². The Morgan fingerprint density at radius 2 is 1.62 bits per heavy atom. The third-order valence-electron chi connectivity index (χ3n) is 4.51. The van der Waals surface area contributed by atoms with E-state index in [9.17, 15) is 9.59 Å². The highest BCUT2D eigenvalue weighted by atomic mass is 16.5. The maximum absolute atomic E-state index is 13.0. The molecular weight excluding hydrogens is 330 g/mol. The third kappa shape index (κ3) is 2.45. The predicted octanol–water partition coefficient (Wildman–Crippen LogP) is 3.32. The molecule has 2 amide bonds. The summed E-state index contributed by atoms with van der Waals surface area (Å²) in [6.45, 7) is 1.99. The van der Waals surface area contributed by atoms with Crippen LogP contribution in [0.25, 0.3) is 10.8 Å². The van der Waals surface area contributed by atoms with E-state index < -0.39 is 0 Å². The summed E-state index contributed by atoms with van der Waals surface area (Å²) in [7, 11) is 0. The van der Waals surface area contributed by atoms with Crippen molar-refractivity contribution in [3.63, 3.8) is 0 Å². The molecule has 1 aliphatic rings. The second-order valence-electron chi connectivity index (χ2n) is 6.19. The van der Waals surface area contributed by atoms with Crippen LogP contribution in [-0.4, -0.2) is 30.1 Å². The van der Waals surface area contributed by atoms with Gasteiger partial charge in [-0.15, -0.1) is 0 Å². The van der Waals surface area contributed by atoms with Crippen LogP contribution in [0.1, 0.15) is 26.3 Å². The van der Waals surface area contributed by atoms with Gasteiger partial charge in [0.15, 0.2) is 0 Å². The summed E-state index contributed by atoms with van der Waals surface area (Å²) < 4.78 is 5.56. The minimum atomic E-state index is -0.351. The highest BCUT2D eigenvalue weighted by Gasteiger charge is 2.34. The van der Waals surface area contributed by atoms with E-state index in [2.05, 4.69) is 0 Å². The fourth-order valence-electron chi connectivity index (χ4n) is 3.28. The van der Waals surface area contributed by atoms with E-state index in [-0.39, 0.29) is 25.0 Å². The SMILES string of the molecule is Cc1ccc(N2C(=O)c3cccc4c(OCCO)ccc(c34)C2=O)cc1. The monoisotopic (exact) mass is 347 g/mol. The quantitative estimate of drug-likeness (QED) is 0.735. The number of carbonyl (C=O) groups excluding carboxylic acids is 2. The maximum atomic E-state index is 13.0. The van der Waals surface area contributed by atoms with Gasteiger partial charge in [0.05, 0.1) is 12.3 Å². The molecule has 0 radical (unpaired) electrons. The summed E-state index contributed by atoms with van der Waals surface area (Å²) in [5.41, 5.74) is 2.53. The van der Waals surface area contributed by atoms with Crippen LogP contribution in [0, 0.1) is 6.92 Å². The lowest BCUT2D eigenvalue weighted by Gasteiger charge is -2.27. The Morgan fingerprint density at radius 3 is 2.31 bits per heavy atom. The van der Waals surface area contributed by atoms with Crippen LogP contribution in [0.5, 0.6) is 5.75 Å². The number of anilines is 1. The number of hydrogen-bond acceptors (Lipinski definition) is 4. The zero-order valence-electron chi connectivity index (χ0n) is 14.2. The molecule has 0 fully saturated rings. The van der Waals surface area contributed by atoms with E-state index in [0.29, 0.717) is 33.3 Å². The minimum Gasteiger partial charge on any atom is -0.491 e. The first-order valence-electron chi connectivity index (χ1n) is 8.36. The number of aliphatic hydroxyl groups excluding tert-OH is 1. The zero-order valence-corrected chi connectivity index (χ0v) is 14.2. The lowest BCUT2D eigenvalue weighted by Crippen LogP contribution is -2.40.